The van der Waals surface area contributed by atoms with Gasteiger partial charge in [-0.15, -0.1) is 0 Å². The molecule has 0 saturated heterocycles. The average Bonchev–Trinajstić information content (AvgIpc) is 2.12. The monoisotopic (exact) mass is 192 g/mol. The molecule has 0 amide bonds. The second kappa shape index (κ2) is 4.70. The highest BCUT2D eigenvalue weighted by Gasteiger charge is 2.05. The maximum atomic E-state index is 5.50. The van der Waals surface area contributed by atoms with Crippen molar-refractivity contribution in [3.8, 4) is 5.75 Å². The molecule has 2 nitrogen and oxygen atoms in total. The highest BCUT2D eigenvalue weighted by molar-refractivity contribution is 5.40. The molecule has 14 heavy (non-hydrogen) atoms. The van der Waals surface area contributed by atoms with Crippen molar-refractivity contribution in [2.75, 3.05) is 6.61 Å². The maximum Gasteiger partial charge on any atom is 0.277 e. The van der Waals surface area contributed by atoms with E-state index in [4.69, 9.17) is 9.47 Å². The summed E-state index contributed by atoms with van der Waals surface area (Å²) in [4.78, 5) is 0. The first kappa shape index (κ1) is 10.6. The Bertz CT molecular complexity index is 309. The molecule has 1 aromatic carbocycles. The van der Waals surface area contributed by atoms with E-state index in [-0.39, 0.29) is 0 Å². The lowest BCUT2D eigenvalue weighted by Crippen LogP contribution is -2.01. The van der Waals surface area contributed by atoms with E-state index < -0.39 is 0 Å². The van der Waals surface area contributed by atoms with Crippen LogP contribution in [0.2, 0.25) is 0 Å². The lowest BCUT2D eigenvalue weighted by Gasteiger charge is -2.12. The zero-order valence-electron chi connectivity index (χ0n) is 8.96. The highest BCUT2D eigenvalue weighted by Crippen LogP contribution is 2.24. The molecule has 0 spiro atoms. The van der Waals surface area contributed by atoms with Gasteiger partial charge in [0.2, 0.25) is 0 Å². The lowest BCUT2D eigenvalue weighted by atomic mass is 10.1. The summed E-state index contributed by atoms with van der Waals surface area (Å²) in [6.07, 6.45) is 0. The minimum absolute atomic E-state index is 0.352. The molecule has 0 aliphatic heterocycles. The molecule has 1 rings (SSSR count). The van der Waals surface area contributed by atoms with Crippen LogP contribution in [0.15, 0.2) is 30.7 Å². The molecule has 0 bridgehead atoms. The third kappa shape index (κ3) is 2.52. The van der Waals surface area contributed by atoms with E-state index in [1.54, 1.807) is 0 Å². The standard InChI is InChI=1S/C12H16O2/c1-5-13-11(4)14-12-9(2)7-6-8-10(12)3/h6-8H,4-5H2,1-3H3. The van der Waals surface area contributed by atoms with Crippen LogP contribution in [0, 0.1) is 13.8 Å². The van der Waals surface area contributed by atoms with E-state index >= 15 is 0 Å². The van der Waals surface area contributed by atoms with Crippen LogP contribution < -0.4 is 4.74 Å². The fourth-order valence-corrected chi connectivity index (χ4v) is 1.26. The Morgan fingerprint density at radius 2 is 1.86 bits per heavy atom. The zero-order chi connectivity index (χ0) is 10.6. The van der Waals surface area contributed by atoms with Gasteiger partial charge in [0.05, 0.1) is 6.61 Å². The van der Waals surface area contributed by atoms with Gasteiger partial charge in [-0.1, -0.05) is 18.2 Å². The summed E-state index contributed by atoms with van der Waals surface area (Å²) in [6, 6.07) is 6.00. The van der Waals surface area contributed by atoms with E-state index in [1.807, 2.05) is 39.0 Å². The first-order chi connectivity index (χ1) is 6.65. The number of rotatable bonds is 4. The number of hydrogen-bond acceptors (Lipinski definition) is 2. The third-order valence-corrected chi connectivity index (χ3v) is 1.93. The lowest BCUT2D eigenvalue weighted by molar-refractivity contribution is 0.117. The molecule has 0 unspecified atom stereocenters. The second-order valence-corrected chi connectivity index (χ2v) is 3.13. The Balaban J connectivity index is 2.80. The fraction of sp³-hybridized carbons (Fsp3) is 0.333. The van der Waals surface area contributed by atoms with Crippen LogP contribution in [0.1, 0.15) is 18.1 Å². The number of benzene rings is 1. The molecule has 0 fully saturated rings. The molecule has 0 heterocycles. The van der Waals surface area contributed by atoms with Crippen LogP contribution in [-0.4, -0.2) is 6.61 Å². The van der Waals surface area contributed by atoms with Gasteiger partial charge in [0, 0.05) is 0 Å². The molecule has 0 aliphatic carbocycles. The molecule has 0 N–H and O–H groups in total. The second-order valence-electron chi connectivity index (χ2n) is 3.13. The van der Waals surface area contributed by atoms with Crippen LogP contribution >= 0.6 is 0 Å². The number of para-hydroxylation sites is 1. The van der Waals surface area contributed by atoms with Crippen molar-refractivity contribution in [2.24, 2.45) is 0 Å². The molecule has 76 valence electrons. The van der Waals surface area contributed by atoms with Gasteiger partial charge >= 0.3 is 0 Å². The molecule has 1 aromatic rings. The van der Waals surface area contributed by atoms with Gasteiger partial charge in [0.25, 0.3) is 5.95 Å². The number of hydrogen-bond donors (Lipinski definition) is 0. The Kier molecular flexibility index (Phi) is 3.57. The molecule has 2 heteroatoms. The predicted octanol–water partition coefficient (Wildman–Crippen LogP) is 3.19. The quantitative estimate of drug-likeness (QED) is 0.682. The first-order valence-electron chi connectivity index (χ1n) is 4.71. The van der Waals surface area contributed by atoms with Crippen molar-refractivity contribution < 1.29 is 9.47 Å². The average molecular weight is 192 g/mol. The van der Waals surface area contributed by atoms with E-state index in [1.165, 1.54) is 0 Å². The number of aryl methyl sites for hydroxylation is 2. The fourth-order valence-electron chi connectivity index (χ4n) is 1.26. The minimum Gasteiger partial charge on any atom is -0.466 e. The van der Waals surface area contributed by atoms with Crippen molar-refractivity contribution in [2.45, 2.75) is 20.8 Å². The summed E-state index contributed by atoms with van der Waals surface area (Å²) in [5.41, 5.74) is 2.18. The highest BCUT2D eigenvalue weighted by atomic mass is 16.7. The Morgan fingerprint density at radius 1 is 1.29 bits per heavy atom. The van der Waals surface area contributed by atoms with Crippen molar-refractivity contribution in [3.63, 3.8) is 0 Å². The SMILES string of the molecule is C=C(OCC)Oc1c(C)cccc1C. The van der Waals surface area contributed by atoms with Crippen LogP contribution in [-0.2, 0) is 4.74 Å². The van der Waals surface area contributed by atoms with Gasteiger partial charge < -0.3 is 9.47 Å². The van der Waals surface area contributed by atoms with Crippen molar-refractivity contribution in [3.05, 3.63) is 41.9 Å². The van der Waals surface area contributed by atoms with Crippen molar-refractivity contribution in [1.29, 1.82) is 0 Å². The summed E-state index contributed by atoms with van der Waals surface area (Å²) in [5, 5.41) is 0. The maximum absolute atomic E-state index is 5.50. The summed E-state index contributed by atoms with van der Waals surface area (Å²) < 4.78 is 10.6. The van der Waals surface area contributed by atoms with Crippen LogP contribution in [0.4, 0.5) is 0 Å². The van der Waals surface area contributed by atoms with Gasteiger partial charge in [-0.05, 0) is 38.5 Å². The topological polar surface area (TPSA) is 18.5 Å². The summed E-state index contributed by atoms with van der Waals surface area (Å²) in [7, 11) is 0. The van der Waals surface area contributed by atoms with Gasteiger partial charge in [-0.2, -0.15) is 0 Å². The van der Waals surface area contributed by atoms with E-state index in [0.29, 0.717) is 12.6 Å². The largest absolute Gasteiger partial charge is 0.466 e. The van der Waals surface area contributed by atoms with Crippen LogP contribution in [0.3, 0.4) is 0 Å². The smallest absolute Gasteiger partial charge is 0.277 e. The third-order valence-electron chi connectivity index (χ3n) is 1.93. The van der Waals surface area contributed by atoms with Gasteiger partial charge in [-0.25, -0.2) is 0 Å². The van der Waals surface area contributed by atoms with Crippen LogP contribution in [0.25, 0.3) is 0 Å². The van der Waals surface area contributed by atoms with E-state index in [0.717, 1.165) is 16.9 Å². The Morgan fingerprint density at radius 3 is 2.36 bits per heavy atom. The summed E-state index contributed by atoms with van der Waals surface area (Å²) in [6.45, 7) is 10.2. The van der Waals surface area contributed by atoms with E-state index in [9.17, 15) is 0 Å². The van der Waals surface area contributed by atoms with Gasteiger partial charge in [0.15, 0.2) is 0 Å². The zero-order valence-corrected chi connectivity index (χ0v) is 8.96. The summed E-state index contributed by atoms with van der Waals surface area (Å²) in [5.74, 6) is 1.19. The molecular weight excluding hydrogens is 176 g/mol. The minimum atomic E-state index is 0.352. The Hall–Kier alpha value is -1.44. The summed E-state index contributed by atoms with van der Waals surface area (Å²) >= 11 is 0. The molecule has 0 atom stereocenters. The van der Waals surface area contributed by atoms with E-state index in [2.05, 4.69) is 6.58 Å². The normalized spacial score (nSPS) is 9.64. The predicted molar refractivity (Wildman–Crippen MR) is 57.3 cm³/mol. The van der Waals surface area contributed by atoms with Crippen molar-refractivity contribution >= 4 is 0 Å². The van der Waals surface area contributed by atoms with Gasteiger partial charge in [-0.3, -0.25) is 0 Å². The number of ether oxygens (including phenoxy) is 2. The molecule has 0 aromatic heterocycles. The molecule has 0 saturated carbocycles. The Labute approximate surface area is 85.2 Å². The molecule has 0 radical (unpaired) electrons. The van der Waals surface area contributed by atoms with Crippen LogP contribution in [0.5, 0.6) is 5.75 Å². The molecular formula is C12H16O2. The van der Waals surface area contributed by atoms with Gasteiger partial charge in [0.1, 0.15) is 5.75 Å². The molecule has 0 aliphatic rings. The van der Waals surface area contributed by atoms with Crippen molar-refractivity contribution in [1.82, 2.24) is 0 Å². The first-order valence-corrected chi connectivity index (χ1v) is 4.71.